The van der Waals surface area contributed by atoms with Crippen molar-refractivity contribution in [3.63, 3.8) is 0 Å². The number of hydrogen-bond donors (Lipinski definition) is 2. The van der Waals surface area contributed by atoms with Crippen LogP contribution in [0.3, 0.4) is 0 Å². The maximum Gasteiger partial charge on any atom is 0.0872 e. The highest BCUT2D eigenvalue weighted by Gasteiger charge is 2.31. The predicted molar refractivity (Wildman–Crippen MR) is 53.9 cm³/mol. The van der Waals surface area contributed by atoms with Gasteiger partial charge < -0.3 is 10.2 Å². The fourth-order valence-corrected chi connectivity index (χ4v) is 0. The lowest BCUT2D eigenvalue weighted by molar-refractivity contribution is -0.107. The maximum absolute atomic E-state index is 9.10. The highest BCUT2D eigenvalue weighted by molar-refractivity contribution is 5.76. The molecular formula is C6H21B2O2-. The minimum Gasteiger partial charge on any atom is -0.387 e. The lowest BCUT2D eigenvalue weighted by Gasteiger charge is -2.31. The Bertz CT molecular complexity index is 68.7. The van der Waals surface area contributed by atoms with Gasteiger partial charge in [0.1, 0.15) is 0 Å². The first-order valence-corrected chi connectivity index (χ1v) is 2.70. The van der Waals surface area contributed by atoms with E-state index in [9.17, 15) is 0 Å². The summed E-state index contributed by atoms with van der Waals surface area (Å²) in [6.45, 7) is 6.31. The molecule has 0 radical (unpaired) electrons. The molecule has 0 saturated heterocycles. The van der Waals surface area contributed by atoms with Gasteiger partial charge >= 0.3 is 0 Å². The normalized spacial score (nSPS) is 11.4. The van der Waals surface area contributed by atoms with Crippen LogP contribution in [-0.2, 0) is 0 Å². The largest absolute Gasteiger partial charge is 0.387 e. The Balaban J connectivity index is -0.000000245. The maximum atomic E-state index is 9.10. The second kappa shape index (κ2) is 4.04. The smallest absolute Gasteiger partial charge is 0.0872 e. The van der Waals surface area contributed by atoms with Crippen LogP contribution in [0.4, 0.5) is 0 Å². The van der Waals surface area contributed by atoms with E-state index in [4.69, 9.17) is 10.2 Å². The van der Waals surface area contributed by atoms with Crippen LogP contribution in [0, 0.1) is 0 Å². The highest BCUT2D eigenvalue weighted by Crippen LogP contribution is 2.18. The molecule has 0 amide bonds. The average Bonchev–Trinajstić information content (AvgIpc) is 1.25. The summed E-state index contributed by atoms with van der Waals surface area (Å²) in [6, 6.07) is 0. The molecule has 0 aromatic heterocycles. The lowest BCUT2D eigenvalue weighted by atomic mass is 9.90. The van der Waals surface area contributed by atoms with Gasteiger partial charge in [-0.25, -0.2) is 0 Å². The van der Waals surface area contributed by atoms with Crippen LogP contribution >= 0.6 is 0 Å². The summed E-state index contributed by atoms with van der Waals surface area (Å²) in [5, 5.41) is 18.2. The summed E-state index contributed by atoms with van der Waals surface area (Å²) in [4.78, 5) is 0. The molecule has 2 N–H and O–H groups in total. The monoisotopic (exact) mass is 147 g/mol. The molecule has 0 spiro atoms. The van der Waals surface area contributed by atoms with Crippen LogP contribution in [0.25, 0.3) is 0 Å². The van der Waals surface area contributed by atoms with Crippen molar-refractivity contribution in [3.05, 3.63) is 0 Å². The molecule has 0 rings (SSSR count). The molecular weight excluding hydrogens is 126 g/mol. The van der Waals surface area contributed by atoms with Gasteiger partial charge in [0.15, 0.2) is 0 Å². The summed E-state index contributed by atoms with van der Waals surface area (Å²) < 4.78 is 0. The van der Waals surface area contributed by atoms with Crippen LogP contribution in [0.1, 0.15) is 27.7 Å². The first kappa shape index (κ1) is 16.6. The van der Waals surface area contributed by atoms with E-state index < -0.39 is 11.2 Å². The molecule has 0 aromatic rings. The summed E-state index contributed by atoms with van der Waals surface area (Å²) >= 11 is 0. The molecule has 0 aromatic carbocycles. The van der Waals surface area contributed by atoms with Gasteiger partial charge in [0.05, 0.1) is 19.6 Å². The van der Waals surface area contributed by atoms with Crippen LogP contribution in [0.5, 0.6) is 0 Å². The van der Waals surface area contributed by atoms with Crippen LogP contribution in [0.2, 0.25) is 0 Å². The van der Waals surface area contributed by atoms with E-state index in [1.807, 2.05) is 0 Å². The molecule has 0 aliphatic heterocycles. The Labute approximate surface area is 66.8 Å². The van der Waals surface area contributed by atoms with Crippen molar-refractivity contribution in [1.29, 1.82) is 0 Å². The summed E-state index contributed by atoms with van der Waals surface area (Å²) in [7, 11) is 0. The van der Waals surface area contributed by atoms with Gasteiger partial charge in [-0.1, -0.05) is 8.41 Å². The molecule has 0 saturated carbocycles. The SMILES string of the molecule is B.CC(C)(O)C(C)(C)O.[BH4-]. The fourth-order valence-electron chi connectivity index (χ4n) is 0. The Kier molecular flexibility index (Phi) is 6.69. The van der Waals surface area contributed by atoms with Crippen molar-refractivity contribution >= 4 is 16.8 Å². The molecule has 0 aliphatic carbocycles. The van der Waals surface area contributed by atoms with E-state index in [1.54, 1.807) is 27.7 Å². The van der Waals surface area contributed by atoms with Gasteiger partial charge in [0.2, 0.25) is 0 Å². The quantitative estimate of drug-likeness (QED) is 0.416. The third-order valence-electron chi connectivity index (χ3n) is 1.50. The van der Waals surface area contributed by atoms with E-state index in [-0.39, 0.29) is 16.8 Å². The van der Waals surface area contributed by atoms with Gasteiger partial charge in [-0.3, -0.25) is 0 Å². The Hall–Kier alpha value is 0.0499. The van der Waals surface area contributed by atoms with Gasteiger partial charge in [0, 0.05) is 0 Å². The zero-order valence-electron chi connectivity index (χ0n) is 5.89. The Morgan fingerprint density at radius 1 is 0.800 bits per heavy atom. The molecule has 0 heterocycles. The van der Waals surface area contributed by atoms with E-state index >= 15 is 0 Å². The van der Waals surface area contributed by atoms with Gasteiger partial charge in [0.25, 0.3) is 0 Å². The number of aliphatic hydroxyl groups is 2. The topological polar surface area (TPSA) is 40.5 Å². The van der Waals surface area contributed by atoms with E-state index in [2.05, 4.69) is 0 Å². The average molecular weight is 147 g/mol. The first-order valence-electron chi connectivity index (χ1n) is 2.70. The Morgan fingerprint density at radius 3 is 0.900 bits per heavy atom. The third kappa shape index (κ3) is 4.89. The van der Waals surface area contributed by atoms with Crippen molar-refractivity contribution in [2.45, 2.75) is 38.9 Å². The minimum absolute atomic E-state index is 0. The molecule has 0 bridgehead atoms. The van der Waals surface area contributed by atoms with E-state index in [0.717, 1.165) is 0 Å². The zero-order valence-corrected chi connectivity index (χ0v) is 5.89. The van der Waals surface area contributed by atoms with Gasteiger partial charge in [-0.2, -0.15) is 0 Å². The predicted octanol–water partition coefficient (Wildman–Crippen LogP) is -2.11. The second-order valence-electron chi connectivity index (χ2n) is 3.12. The van der Waals surface area contributed by atoms with Gasteiger partial charge in [-0.05, 0) is 27.7 Å². The molecule has 0 aliphatic rings. The van der Waals surface area contributed by atoms with Crippen molar-refractivity contribution < 1.29 is 10.2 Å². The molecule has 0 atom stereocenters. The summed E-state index contributed by atoms with van der Waals surface area (Å²) in [5.74, 6) is 0. The molecule has 0 fully saturated rings. The standard InChI is InChI=1S/C6H14O2.BH4.BH3/c1-5(2,7)6(3,4)8;;/h7-8H,1-4H3;1H4;1H3/q;-1;. The fraction of sp³-hybridized carbons (Fsp3) is 1.00. The first-order chi connectivity index (χ1) is 3.25. The van der Waals surface area contributed by atoms with Crippen molar-refractivity contribution in [3.8, 4) is 0 Å². The van der Waals surface area contributed by atoms with Crippen LogP contribution in [-0.4, -0.2) is 38.2 Å². The molecule has 4 heteroatoms. The highest BCUT2D eigenvalue weighted by atomic mass is 16.3. The summed E-state index contributed by atoms with van der Waals surface area (Å²) in [6.07, 6.45) is 0. The molecule has 64 valence electrons. The Morgan fingerprint density at radius 2 is 0.900 bits per heavy atom. The zero-order chi connectivity index (χ0) is 7.00. The molecule has 0 unspecified atom stereocenters. The number of hydrogen-bond acceptors (Lipinski definition) is 2. The second-order valence-corrected chi connectivity index (χ2v) is 3.12. The third-order valence-corrected chi connectivity index (χ3v) is 1.50. The van der Waals surface area contributed by atoms with Crippen LogP contribution in [0.15, 0.2) is 0 Å². The molecule has 10 heavy (non-hydrogen) atoms. The van der Waals surface area contributed by atoms with E-state index in [0.29, 0.717) is 0 Å². The lowest BCUT2D eigenvalue weighted by Crippen LogP contribution is -2.44. The van der Waals surface area contributed by atoms with Crippen molar-refractivity contribution in [1.82, 2.24) is 0 Å². The van der Waals surface area contributed by atoms with E-state index in [1.165, 1.54) is 0 Å². The molecule has 2 nitrogen and oxygen atoms in total. The van der Waals surface area contributed by atoms with Crippen molar-refractivity contribution in [2.75, 3.05) is 0 Å². The van der Waals surface area contributed by atoms with Crippen LogP contribution < -0.4 is 0 Å². The van der Waals surface area contributed by atoms with Gasteiger partial charge in [-0.15, -0.1) is 0 Å². The van der Waals surface area contributed by atoms with Crippen molar-refractivity contribution in [2.24, 2.45) is 0 Å². The minimum atomic E-state index is -1.01. The number of rotatable bonds is 1. The summed E-state index contributed by atoms with van der Waals surface area (Å²) in [5.41, 5.74) is -2.01.